The highest BCUT2D eigenvalue weighted by Gasteiger charge is 2.47. The first-order valence-electron chi connectivity index (χ1n) is 11.7. The van der Waals surface area contributed by atoms with Gasteiger partial charge in [-0.25, -0.2) is 18.4 Å². The number of piperidine rings is 1. The van der Waals surface area contributed by atoms with E-state index in [1.54, 1.807) is 28.7 Å². The van der Waals surface area contributed by atoms with Crippen molar-refractivity contribution in [2.45, 2.75) is 55.8 Å². The summed E-state index contributed by atoms with van der Waals surface area (Å²) in [6.07, 6.45) is 6.41. The van der Waals surface area contributed by atoms with Gasteiger partial charge in [0.2, 0.25) is 0 Å². The predicted octanol–water partition coefficient (Wildman–Crippen LogP) is 3.60. The Morgan fingerprint density at radius 3 is 2.51 bits per heavy atom. The molecule has 0 saturated carbocycles. The zero-order valence-corrected chi connectivity index (χ0v) is 20.0. The fraction of sp³-hybridized carbons (Fsp3) is 0.333. The molecular formula is C24H26N8O2S. The van der Waals surface area contributed by atoms with Crippen molar-refractivity contribution in [1.82, 2.24) is 29.5 Å². The van der Waals surface area contributed by atoms with Gasteiger partial charge in [0.1, 0.15) is 11.6 Å². The fourth-order valence-corrected chi connectivity index (χ4v) is 7.14. The van der Waals surface area contributed by atoms with E-state index in [1.807, 2.05) is 31.2 Å². The number of sulfonamides is 1. The van der Waals surface area contributed by atoms with Crippen LogP contribution in [0.4, 0.5) is 17.5 Å². The molecule has 3 atom stereocenters. The van der Waals surface area contributed by atoms with E-state index in [4.69, 9.17) is 4.98 Å². The summed E-state index contributed by atoms with van der Waals surface area (Å²) in [7, 11) is -3.62. The van der Waals surface area contributed by atoms with Crippen LogP contribution in [0.3, 0.4) is 0 Å². The molecule has 2 bridgehead atoms. The summed E-state index contributed by atoms with van der Waals surface area (Å²) in [5, 5.41) is 15.1. The Balaban J connectivity index is 1.26. The van der Waals surface area contributed by atoms with Gasteiger partial charge in [0.15, 0.2) is 10.8 Å². The van der Waals surface area contributed by atoms with Crippen molar-refractivity contribution in [3.8, 4) is 0 Å². The van der Waals surface area contributed by atoms with E-state index in [2.05, 4.69) is 30.8 Å². The molecule has 180 valence electrons. The number of anilines is 3. The van der Waals surface area contributed by atoms with Crippen LogP contribution in [0.5, 0.6) is 0 Å². The number of H-pyrrole nitrogens is 1. The van der Waals surface area contributed by atoms with Crippen molar-refractivity contribution in [2.24, 2.45) is 0 Å². The molecule has 0 radical (unpaired) electrons. The predicted molar refractivity (Wildman–Crippen MR) is 133 cm³/mol. The molecule has 0 aromatic carbocycles. The average Bonchev–Trinajstić information content (AvgIpc) is 3.39. The van der Waals surface area contributed by atoms with Gasteiger partial charge in [-0.3, -0.25) is 10.1 Å². The van der Waals surface area contributed by atoms with Crippen molar-refractivity contribution in [3.05, 3.63) is 60.6 Å². The highest BCUT2D eigenvalue weighted by Crippen LogP contribution is 2.40. The van der Waals surface area contributed by atoms with E-state index in [9.17, 15) is 8.42 Å². The van der Waals surface area contributed by atoms with Crippen molar-refractivity contribution < 1.29 is 8.42 Å². The standard InChI is InChI=1S/C24H26N8O2S/c1-15-11-22(31-30-15)28-21-14-20-19(5-4-10-25-20)24(29-21)27-16-12-17-7-8-18(13-16)32(17)35(33,34)23-6-2-3-9-26-23/h2-6,9-11,14,16-18H,7-8,12-13H2,1H3,(H3,27,28,29,30,31)/t16?,17-,18+. The van der Waals surface area contributed by atoms with Crippen LogP contribution in [0.15, 0.2) is 59.9 Å². The molecule has 4 aromatic heterocycles. The molecule has 35 heavy (non-hydrogen) atoms. The summed E-state index contributed by atoms with van der Waals surface area (Å²) in [5.74, 6) is 2.06. The van der Waals surface area contributed by atoms with Crippen LogP contribution in [-0.2, 0) is 10.0 Å². The first-order chi connectivity index (χ1) is 17.0. The number of aryl methyl sites for hydroxylation is 1. The number of pyridine rings is 3. The van der Waals surface area contributed by atoms with Crippen molar-refractivity contribution >= 4 is 38.4 Å². The van der Waals surface area contributed by atoms with Gasteiger partial charge in [0, 0.05) is 53.7 Å². The van der Waals surface area contributed by atoms with Gasteiger partial charge in [-0.2, -0.15) is 9.40 Å². The molecule has 0 spiro atoms. The second-order valence-electron chi connectivity index (χ2n) is 9.19. The number of rotatable bonds is 6. The molecule has 4 aromatic rings. The Bertz CT molecular complexity index is 1460. The van der Waals surface area contributed by atoms with E-state index in [0.717, 1.165) is 35.3 Å². The van der Waals surface area contributed by atoms with Crippen molar-refractivity contribution in [1.29, 1.82) is 0 Å². The van der Waals surface area contributed by atoms with E-state index in [1.165, 1.54) is 6.20 Å². The Hall–Kier alpha value is -3.57. The number of nitrogens with zero attached hydrogens (tertiary/aromatic N) is 5. The summed E-state index contributed by atoms with van der Waals surface area (Å²) in [5.41, 5.74) is 1.77. The number of hydrogen-bond acceptors (Lipinski definition) is 8. The lowest BCUT2D eigenvalue weighted by atomic mass is 9.99. The highest BCUT2D eigenvalue weighted by molar-refractivity contribution is 7.89. The van der Waals surface area contributed by atoms with Crippen molar-refractivity contribution in [2.75, 3.05) is 10.6 Å². The molecule has 2 fully saturated rings. The van der Waals surface area contributed by atoms with Gasteiger partial charge >= 0.3 is 0 Å². The molecule has 10 nitrogen and oxygen atoms in total. The normalized spacial score (nSPS) is 22.4. The maximum Gasteiger partial charge on any atom is 0.261 e. The molecule has 0 amide bonds. The Morgan fingerprint density at radius 2 is 1.80 bits per heavy atom. The maximum atomic E-state index is 13.3. The van der Waals surface area contributed by atoms with E-state index >= 15 is 0 Å². The lowest BCUT2D eigenvalue weighted by molar-refractivity contribution is 0.234. The smallest absolute Gasteiger partial charge is 0.261 e. The van der Waals surface area contributed by atoms with Gasteiger partial charge in [-0.05, 0) is 56.9 Å². The van der Waals surface area contributed by atoms with Crippen LogP contribution in [0.2, 0.25) is 0 Å². The van der Waals surface area contributed by atoms with Crippen LogP contribution in [-0.4, -0.2) is 56.0 Å². The summed E-state index contributed by atoms with van der Waals surface area (Å²) < 4.78 is 28.3. The Morgan fingerprint density at radius 1 is 1.00 bits per heavy atom. The molecule has 3 N–H and O–H groups in total. The molecule has 6 rings (SSSR count). The molecule has 1 unspecified atom stereocenters. The summed E-state index contributed by atoms with van der Waals surface area (Å²) >= 11 is 0. The van der Waals surface area contributed by atoms with E-state index in [0.29, 0.717) is 24.5 Å². The lowest BCUT2D eigenvalue weighted by Crippen LogP contribution is -2.49. The van der Waals surface area contributed by atoms with Crippen LogP contribution in [0.1, 0.15) is 31.4 Å². The molecule has 0 aliphatic carbocycles. The first-order valence-corrected chi connectivity index (χ1v) is 13.2. The van der Waals surface area contributed by atoms with Crippen LogP contribution >= 0.6 is 0 Å². The van der Waals surface area contributed by atoms with Crippen LogP contribution in [0, 0.1) is 6.92 Å². The van der Waals surface area contributed by atoms with Gasteiger partial charge in [0.25, 0.3) is 10.0 Å². The minimum Gasteiger partial charge on any atom is -0.367 e. The molecule has 2 aliphatic rings. The number of fused-ring (bicyclic) bond motifs is 3. The maximum absolute atomic E-state index is 13.3. The summed E-state index contributed by atoms with van der Waals surface area (Å²) in [6.45, 7) is 1.94. The topological polar surface area (TPSA) is 129 Å². The number of hydrogen-bond donors (Lipinski definition) is 3. The third-order valence-electron chi connectivity index (χ3n) is 6.75. The van der Waals surface area contributed by atoms with Gasteiger partial charge < -0.3 is 10.6 Å². The number of nitrogens with one attached hydrogen (secondary N) is 3. The summed E-state index contributed by atoms with van der Waals surface area (Å²) in [6, 6.07) is 12.7. The lowest BCUT2D eigenvalue weighted by Gasteiger charge is -2.38. The second kappa shape index (κ2) is 8.58. The zero-order chi connectivity index (χ0) is 24.0. The van der Waals surface area contributed by atoms with Gasteiger partial charge in [-0.1, -0.05) is 6.07 Å². The number of aromatic nitrogens is 5. The largest absolute Gasteiger partial charge is 0.367 e. The molecule has 2 saturated heterocycles. The zero-order valence-electron chi connectivity index (χ0n) is 19.2. The molecule has 2 aliphatic heterocycles. The summed E-state index contributed by atoms with van der Waals surface area (Å²) in [4.78, 5) is 13.5. The van der Waals surface area contributed by atoms with E-state index < -0.39 is 10.0 Å². The molecular weight excluding hydrogens is 464 g/mol. The Labute approximate surface area is 203 Å². The van der Waals surface area contributed by atoms with Crippen molar-refractivity contribution in [3.63, 3.8) is 0 Å². The van der Waals surface area contributed by atoms with Crippen LogP contribution in [0.25, 0.3) is 10.9 Å². The SMILES string of the molecule is Cc1cc(Nc2cc3ncccc3c(NC3C[C@H]4CC[C@@H](C3)N4S(=O)(=O)c3ccccn3)n2)n[nH]1. The quantitative estimate of drug-likeness (QED) is 0.374. The number of aromatic amines is 1. The minimum atomic E-state index is -3.62. The Kier molecular flexibility index (Phi) is 5.37. The monoisotopic (exact) mass is 490 g/mol. The third-order valence-corrected chi connectivity index (χ3v) is 8.67. The van der Waals surface area contributed by atoms with Gasteiger partial charge in [-0.15, -0.1) is 0 Å². The molecule has 11 heteroatoms. The third kappa shape index (κ3) is 4.10. The van der Waals surface area contributed by atoms with E-state index in [-0.39, 0.29) is 23.2 Å². The second-order valence-corrected chi connectivity index (χ2v) is 11.0. The van der Waals surface area contributed by atoms with Crippen LogP contribution < -0.4 is 10.6 Å². The van der Waals surface area contributed by atoms with Gasteiger partial charge in [0.05, 0.1) is 5.52 Å². The molecule has 6 heterocycles. The highest BCUT2D eigenvalue weighted by atomic mass is 32.2. The fourth-order valence-electron chi connectivity index (χ4n) is 5.31. The minimum absolute atomic E-state index is 0.0593. The average molecular weight is 491 g/mol. The first kappa shape index (κ1) is 21.9.